The fraction of sp³-hybridized carbons (Fsp3) is 0.611. The lowest BCUT2D eigenvalue weighted by atomic mass is 9.75. The van der Waals surface area contributed by atoms with Crippen molar-refractivity contribution in [3.05, 3.63) is 29.3 Å². The Bertz CT molecular complexity index is 551. The van der Waals surface area contributed by atoms with E-state index in [4.69, 9.17) is 4.74 Å². The molecule has 22 heavy (non-hydrogen) atoms. The molecule has 3 nitrogen and oxygen atoms in total. The summed E-state index contributed by atoms with van der Waals surface area (Å²) in [7, 11) is 0. The van der Waals surface area contributed by atoms with Gasteiger partial charge in [-0.1, -0.05) is 12.1 Å². The SMILES string of the molecule is Br.CC(C)(C)C(=O)Oc1cccc2c1CC[C@@H]1NCCC[C@@H]21. The van der Waals surface area contributed by atoms with Crippen LogP contribution in [0.4, 0.5) is 0 Å². The molecule has 1 aromatic carbocycles. The number of esters is 1. The second kappa shape index (κ2) is 6.71. The summed E-state index contributed by atoms with van der Waals surface area (Å²) in [6, 6.07) is 6.79. The summed E-state index contributed by atoms with van der Waals surface area (Å²) >= 11 is 0. The highest BCUT2D eigenvalue weighted by Gasteiger charge is 2.33. The van der Waals surface area contributed by atoms with Gasteiger partial charge in [-0.05, 0) is 76.1 Å². The lowest BCUT2D eigenvalue weighted by molar-refractivity contribution is -0.143. The summed E-state index contributed by atoms with van der Waals surface area (Å²) in [5.74, 6) is 1.20. The van der Waals surface area contributed by atoms with Crippen molar-refractivity contribution in [1.82, 2.24) is 5.32 Å². The molecule has 122 valence electrons. The topological polar surface area (TPSA) is 38.3 Å². The van der Waals surface area contributed by atoms with Crippen LogP contribution in [-0.2, 0) is 11.2 Å². The van der Waals surface area contributed by atoms with Gasteiger partial charge in [-0.25, -0.2) is 0 Å². The van der Waals surface area contributed by atoms with E-state index in [-0.39, 0.29) is 23.0 Å². The van der Waals surface area contributed by atoms with Gasteiger partial charge < -0.3 is 10.1 Å². The van der Waals surface area contributed by atoms with E-state index in [9.17, 15) is 4.79 Å². The molecular weight excluding hydrogens is 342 g/mol. The van der Waals surface area contributed by atoms with E-state index in [2.05, 4.69) is 11.4 Å². The summed E-state index contributed by atoms with van der Waals surface area (Å²) in [5.41, 5.74) is 2.17. The van der Waals surface area contributed by atoms with Gasteiger partial charge in [0.05, 0.1) is 5.41 Å². The molecule has 0 saturated carbocycles. The van der Waals surface area contributed by atoms with Crippen LogP contribution in [0.25, 0.3) is 0 Å². The van der Waals surface area contributed by atoms with Crippen molar-refractivity contribution in [1.29, 1.82) is 0 Å². The molecule has 1 N–H and O–H groups in total. The molecule has 0 aromatic heterocycles. The number of rotatable bonds is 1. The van der Waals surface area contributed by atoms with Crippen molar-refractivity contribution in [2.75, 3.05) is 6.54 Å². The molecule has 3 rings (SSSR count). The van der Waals surface area contributed by atoms with Crippen LogP contribution in [0.2, 0.25) is 0 Å². The first-order valence-corrected chi connectivity index (χ1v) is 8.04. The minimum Gasteiger partial charge on any atom is -0.426 e. The van der Waals surface area contributed by atoms with E-state index in [1.807, 2.05) is 32.9 Å². The number of fused-ring (bicyclic) bond motifs is 3. The second-order valence-electron chi connectivity index (χ2n) is 7.31. The fourth-order valence-corrected chi connectivity index (χ4v) is 3.47. The van der Waals surface area contributed by atoms with Crippen LogP contribution in [0.5, 0.6) is 5.75 Å². The average molecular weight is 368 g/mol. The molecule has 1 heterocycles. The summed E-state index contributed by atoms with van der Waals surface area (Å²) < 4.78 is 5.70. The van der Waals surface area contributed by atoms with Crippen LogP contribution in [-0.4, -0.2) is 18.6 Å². The van der Waals surface area contributed by atoms with Crippen molar-refractivity contribution in [2.45, 2.75) is 58.4 Å². The molecule has 1 aliphatic heterocycles. The number of hydrogen-bond acceptors (Lipinski definition) is 3. The highest BCUT2D eigenvalue weighted by molar-refractivity contribution is 8.93. The number of carbonyl (C=O) groups is 1. The third-order valence-corrected chi connectivity index (χ3v) is 4.67. The van der Waals surface area contributed by atoms with Crippen molar-refractivity contribution >= 4 is 23.0 Å². The summed E-state index contributed by atoms with van der Waals surface area (Å²) in [5, 5.41) is 3.64. The molecule has 2 aliphatic rings. The van der Waals surface area contributed by atoms with Gasteiger partial charge >= 0.3 is 5.97 Å². The van der Waals surface area contributed by atoms with Gasteiger partial charge in [0.15, 0.2) is 0 Å². The molecule has 0 unspecified atom stereocenters. The molecule has 0 spiro atoms. The number of halogens is 1. The smallest absolute Gasteiger partial charge is 0.316 e. The zero-order valence-corrected chi connectivity index (χ0v) is 15.4. The van der Waals surface area contributed by atoms with Crippen molar-refractivity contribution in [2.24, 2.45) is 5.41 Å². The van der Waals surface area contributed by atoms with E-state index in [0.717, 1.165) is 25.1 Å². The van der Waals surface area contributed by atoms with E-state index in [0.29, 0.717) is 12.0 Å². The van der Waals surface area contributed by atoms with Crippen molar-refractivity contribution in [3.8, 4) is 5.75 Å². The third-order valence-electron chi connectivity index (χ3n) is 4.67. The number of hydrogen-bond donors (Lipinski definition) is 1. The Hall–Kier alpha value is -0.870. The zero-order valence-electron chi connectivity index (χ0n) is 13.6. The van der Waals surface area contributed by atoms with Gasteiger partial charge in [0.25, 0.3) is 0 Å². The normalized spacial score (nSPS) is 23.8. The first-order valence-electron chi connectivity index (χ1n) is 8.04. The molecule has 0 radical (unpaired) electrons. The highest BCUT2D eigenvalue weighted by Crippen LogP contribution is 2.40. The van der Waals surface area contributed by atoms with Gasteiger partial charge in [0, 0.05) is 6.04 Å². The van der Waals surface area contributed by atoms with Crippen molar-refractivity contribution < 1.29 is 9.53 Å². The predicted molar refractivity (Wildman–Crippen MR) is 93.9 cm³/mol. The Morgan fingerprint density at radius 1 is 1.27 bits per heavy atom. The van der Waals surface area contributed by atoms with Crippen LogP contribution < -0.4 is 10.1 Å². The first-order chi connectivity index (χ1) is 9.97. The maximum atomic E-state index is 12.2. The molecule has 4 heteroatoms. The van der Waals surface area contributed by atoms with Crippen LogP contribution in [0, 0.1) is 5.41 Å². The quantitative estimate of drug-likeness (QED) is 0.602. The Morgan fingerprint density at radius 2 is 2.05 bits per heavy atom. The van der Waals surface area contributed by atoms with Crippen molar-refractivity contribution in [3.63, 3.8) is 0 Å². The third kappa shape index (κ3) is 3.38. The summed E-state index contributed by atoms with van der Waals surface area (Å²) in [4.78, 5) is 12.2. The Morgan fingerprint density at radius 3 is 2.77 bits per heavy atom. The van der Waals surface area contributed by atoms with E-state index < -0.39 is 5.41 Å². The molecule has 2 atom stereocenters. The maximum absolute atomic E-state index is 12.2. The number of nitrogens with one attached hydrogen (secondary N) is 1. The number of carbonyl (C=O) groups excluding carboxylic acids is 1. The minimum absolute atomic E-state index is 0. The maximum Gasteiger partial charge on any atom is 0.316 e. The van der Waals surface area contributed by atoms with Gasteiger partial charge in [-0.3, -0.25) is 4.79 Å². The zero-order chi connectivity index (χ0) is 15.0. The minimum atomic E-state index is -0.466. The Labute approximate surface area is 143 Å². The largest absolute Gasteiger partial charge is 0.426 e. The molecular formula is C18H26BrNO2. The lowest BCUT2D eigenvalue weighted by Gasteiger charge is -2.38. The molecule has 0 amide bonds. The number of ether oxygens (including phenoxy) is 1. The lowest BCUT2D eigenvalue weighted by Crippen LogP contribution is -2.42. The number of benzene rings is 1. The summed E-state index contributed by atoms with van der Waals surface area (Å²) in [6.07, 6.45) is 4.60. The van der Waals surface area contributed by atoms with E-state index >= 15 is 0 Å². The Kier molecular flexibility index (Phi) is 5.33. The van der Waals surface area contributed by atoms with Crippen LogP contribution in [0.15, 0.2) is 18.2 Å². The second-order valence-corrected chi connectivity index (χ2v) is 7.31. The van der Waals surface area contributed by atoms with Gasteiger partial charge in [-0.15, -0.1) is 17.0 Å². The van der Waals surface area contributed by atoms with E-state index in [1.165, 1.54) is 24.0 Å². The monoisotopic (exact) mass is 367 g/mol. The van der Waals surface area contributed by atoms with Gasteiger partial charge in [-0.2, -0.15) is 0 Å². The standard InChI is InChI=1S/C18H25NO2.BrH/c1-18(2,3)17(20)21-16-8-4-6-12-13-7-5-11-19-15(13)10-9-14(12)16;/h4,6,8,13,15,19H,5,7,9-11H2,1-3H3;1H/t13-,15-;/m0./s1. The molecule has 1 fully saturated rings. The molecule has 0 bridgehead atoms. The molecule has 1 saturated heterocycles. The van der Waals surface area contributed by atoms with Crippen LogP contribution >= 0.6 is 17.0 Å². The van der Waals surface area contributed by atoms with Gasteiger partial charge in [0.2, 0.25) is 0 Å². The van der Waals surface area contributed by atoms with Crippen LogP contribution in [0.1, 0.15) is 57.1 Å². The average Bonchev–Trinajstić information content (AvgIpc) is 2.46. The summed E-state index contributed by atoms with van der Waals surface area (Å²) in [6.45, 7) is 6.82. The van der Waals surface area contributed by atoms with E-state index in [1.54, 1.807) is 0 Å². The molecule has 1 aromatic rings. The van der Waals surface area contributed by atoms with Gasteiger partial charge in [0.1, 0.15) is 5.75 Å². The first kappa shape index (κ1) is 17.5. The Balaban J connectivity index is 0.00000176. The fourth-order valence-electron chi connectivity index (χ4n) is 3.47. The molecule has 1 aliphatic carbocycles. The van der Waals surface area contributed by atoms with Crippen LogP contribution in [0.3, 0.4) is 0 Å². The predicted octanol–water partition coefficient (Wildman–Crippen LogP) is 4.00. The number of piperidine rings is 1. The highest BCUT2D eigenvalue weighted by atomic mass is 79.9.